The maximum absolute atomic E-state index is 12.0. The summed E-state index contributed by atoms with van der Waals surface area (Å²) < 4.78 is 5.02. The van der Waals surface area contributed by atoms with Crippen LogP contribution in [0.5, 0.6) is 11.6 Å². The van der Waals surface area contributed by atoms with Crippen LogP contribution < -0.4 is 10.1 Å². The highest BCUT2D eigenvalue weighted by atomic mass is 16.5. The Morgan fingerprint density at radius 2 is 2.15 bits per heavy atom. The molecule has 0 aliphatic rings. The van der Waals surface area contributed by atoms with Crippen LogP contribution >= 0.6 is 0 Å². The van der Waals surface area contributed by atoms with Gasteiger partial charge in [0.1, 0.15) is 5.75 Å². The molecule has 0 aliphatic heterocycles. The molecule has 1 heterocycles. The number of nitrogens with one attached hydrogen (secondary N) is 1. The molecular formula is C15H16N2O3. The highest BCUT2D eigenvalue weighted by molar-refractivity contribution is 5.94. The summed E-state index contributed by atoms with van der Waals surface area (Å²) in [5, 5.41) is 12.2. The van der Waals surface area contributed by atoms with E-state index in [1.165, 1.54) is 6.07 Å². The van der Waals surface area contributed by atoms with Gasteiger partial charge in [0.25, 0.3) is 5.91 Å². The SMILES string of the molecule is COc1cc(CNC(=O)c2ccc(O)c(C)c2)ccn1. The van der Waals surface area contributed by atoms with Gasteiger partial charge in [-0.05, 0) is 42.3 Å². The van der Waals surface area contributed by atoms with Crippen LogP contribution in [0.4, 0.5) is 0 Å². The van der Waals surface area contributed by atoms with Gasteiger partial charge in [0, 0.05) is 24.4 Å². The van der Waals surface area contributed by atoms with Crippen LogP contribution in [0.15, 0.2) is 36.5 Å². The number of hydrogen-bond acceptors (Lipinski definition) is 4. The summed E-state index contributed by atoms with van der Waals surface area (Å²) in [6, 6.07) is 8.33. The second-order valence-corrected chi connectivity index (χ2v) is 4.39. The Kier molecular flexibility index (Phi) is 4.20. The maximum Gasteiger partial charge on any atom is 0.251 e. The smallest absolute Gasteiger partial charge is 0.251 e. The van der Waals surface area contributed by atoms with E-state index in [2.05, 4.69) is 10.3 Å². The highest BCUT2D eigenvalue weighted by Gasteiger charge is 2.07. The van der Waals surface area contributed by atoms with E-state index < -0.39 is 0 Å². The number of phenols is 1. The van der Waals surface area contributed by atoms with E-state index in [0.717, 1.165) is 5.56 Å². The van der Waals surface area contributed by atoms with Gasteiger partial charge in [-0.15, -0.1) is 0 Å². The van der Waals surface area contributed by atoms with Gasteiger partial charge >= 0.3 is 0 Å². The molecule has 0 atom stereocenters. The molecule has 0 fully saturated rings. The number of carbonyl (C=O) groups is 1. The number of nitrogens with zero attached hydrogens (tertiary/aromatic N) is 1. The quantitative estimate of drug-likeness (QED) is 0.893. The number of aromatic nitrogens is 1. The van der Waals surface area contributed by atoms with Crippen molar-refractivity contribution in [3.8, 4) is 11.6 Å². The second kappa shape index (κ2) is 6.06. The first-order valence-electron chi connectivity index (χ1n) is 6.17. The van der Waals surface area contributed by atoms with Crippen LogP contribution in [0.3, 0.4) is 0 Å². The van der Waals surface area contributed by atoms with Gasteiger partial charge in [-0.25, -0.2) is 4.98 Å². The molecule has 2 rings (SSSR count). The van der Waals surface area contributed by atoms with Gasteiger partial charge in [-0.1, -0.05) is 0 Å². The number of pyridine rings is 1. The van der Waals surface area contributed by atoms with Crippen molar-refractivity contribution in [1.29, 1.82) is 0 Å². The Labute approximate surface area is 117 Å². The first kappa shape index (κ1) is 13.9. The standard InChI is InChI=1S/C15H16N2O3/c1-10-7-12(3-4-13(10)18)15(19)17-9-11-5-6-16-14(8-11)20-2/h3-8,18H,9H2,1-2H3,(H,17,19). The normalized spacial score (nSPS) is 10.1. The fourth-order valence-electron chi connectivity index (χ4n) is 1.75. The Balaban J connectivity index is 2.02. The number of methoxy groups -OCH3 is 1. The van der Waals surface area contributed by atoms with Crippen LogP contribution in [0.25, 0.3) is 0 Å². The average molecular weight is 272 g/mol. The molecule has 2 aromatic rings. The minimum absolute atomic E-state index is 0.181. The average Bonchev–Trinajstić information content (AvgIpc) is 2.47. The van der Waals surface area contributed by atoms with E-state index in [0.29, 0.717) is 23.6 Å². The first-order valence-corrected chi connectivity index (χ1v) is 6.17. The molecular weight excluding hydrogens is 256 g/mol. The minimum Gasteiger partial charge on any atom is -0.508 e. The van der Waals surface area contributed by atoms with Crippen molar-refractivity contribution in [3.05, 3.63) is 53.2 Å². The molecule has 0 unspecified atom stereocenters. The van der Waals surface area contributed by atoms with Gasteiger partial charge in [-0.2, -0.15) is 0 Å². The molecule has 5 heteroatoms. The summed E-state index contributed by atoms with van der Waals surface area (Å²) in [5.74, 6) is 0.501. The monoisotopic (exact) mass is 272 g/mol. The van der Waals surface area contributed by atoms with Crippen LogP contribution in [0.1, 0.15) is 21.5 Å². The Bertz CT molecular complexity index is 626. The predicted molar refractivity (Wildman–Crippen MR) is 74.8 cm³/mol. The zero-order valence-electron chi connectivity index (χ0n) is 11.4. The second-order valence-electron chi connectivity index (χ2n) is 4.39. The van der Waals surface area contributed by atoms with Gasteiger partial charge in [-0.3, -0.25) is 4.79 Å². The number of ether oxygens (including phenoxy) is 1. The third-order valence-electron chi connectivity index (χ3n) is 2.92. The summed E-state index contributed by atoms with van der Waals surface area (Å²) in [6.07, 6.45) is 1.63. The molecule has 0 radical (unpaired) electrons. The lowest BCUT2D eigenvalue weighted by Crippen LogP contribution is -2.22. The number of aryl methyl sites for hydroxylation is 1. The Hall–Kier alpha value is -2.56. The summed E-state index contributed by atoms with van der Waals surface area (Å²) in [6.45, 7) is 2.14. The fourth-order valence-corrected chi connectivity index (χ4v) is 1.75. The van der Waals surface area contributed by atoms with Crippen molar-refractivity contribution in [2.75, 3.05) is 7.11 Å². The van der Waals surface area contributed by atoms with Crippen LogP contribution in [0, 0.1) is 6.92 Å². The molecule has 0 saturated heterocycles. The van der Waals surface area contributed by atoms with Gasteiger partial charge in [0.05, 0.1) is 7.11 Å². The predicted octanol–water partition coefficient (Wildman–Crippen LogP) is 2.03. The molecule has 0 bridgehead atoms. The van der Waals surface area contributed by atoms with Crippen LogP contribution in [0.2, 0.25) is 0 Å². The molecule has 2 N–H and O–H groups in total. The van der Waals surface area contributed by atoms with Gasteiger partial charge < -0.3 is 15.2 Å². The topological polar surface area (TPSA) is 71.5 Å². The third kappa shape index (κ3) is 3.26. The van der Waals surface area contributed by atoms with Crippen molar-refractivity contribution in [1.82, 2.24) is 10.3 Å². The molecule has 0 saturated carbocycles. The summed E-state index contributed by atoms with van der Waals surface area (Å²) in [5.41, 5.74) is 2.09. The van der Waals surface area contributed by atoms with E-state index >= 15 is 0 Å². The zero-order valence-corrected chi connectivity index (χ0v) is 11.4. The van der Waals surface area contributed by atoms with E-state index in [4.69, 9.17) is 4.74 Å². The minimum atomic E-state index is -0.191. The fraction of sp³-hybridized carbons (Fsp3) is 0.200. The van der Waals surface area contributed by atoms with Crippen molar-refractivity contribution in [2.24, 2.45) is 0 Å². The molecule has 0 aliphatic carbocycles. The van der Waals surface area contributed by atoms with Crippen molar-refractivity contribution in [2.45, 2.75) is 13.5 Å². The molecule has 1 amide bonds. The van der Waals surface area contributed by atoms with Crippen molar-refractivity contribution in [3.63, 3.8) is 0 Å². The Morgan fingerprint density at radius 3 is 2.85 bits per heavy atom. The zero-order chi connectivity index (χ0) is 14.5. The molecule has 20 heavy (non-hydrogen) atoms. The van der Waals surface area contributed by atoms with Crippen molar-refractivity contribution >= 4 is 5.91 Å². The number of benzene rings is 1. The molecule has 1 aromatic heterocycles. The molecule has 1 aromatic carbocycles. The van der Waals surface area contributed by atoms with E-state index in [-0.39, 0.29) is 11.7 Å². The lowest BCUT2D eigenvalue weighted by Gasteiger charge is -2.07. The highest BCUT2D eigenvalue weighted by Crippen LogP contribution is 2.17. The summed E-state index contributed by atoms with van der Waals surface area (Å²) >= 11 is 0. The molecule has 0 spiro atoms. The van der Waals surface area contributed by atoms with Gasteiger partial charge in [0.2, 0.25) is 5.88 Å². The summed E-state index contributed by atoms with van der Waals surface area (Å²) in [7, 11) is 1.55. The van der Waals surface area contributed by atoms with Crippen LogP contribution in [-0.2, 0) is 6.54 Å². The number of amides is 1. The van der Waals surface area contributed by atoms with Crippen LogP contribution in [-0.4, -0.2) is 23.1 Å². The third-order valence-corrected chi connectivity index (χ3v) is 2.92. The van der Waals surface area contributed by atoms with Gasteiger partial charge in [0.15, 0.2) is 0 Å². The van der Waals surface area contributed by atoms with E-state index in [9.17, 15) is 9.90 Å². The number of hydrogen-bond donors (Lipinski definition) is 2. The number of phenolic OH excluding ortho intramolecular Hbond substituents is 1. The number of carbonyl (C=O) groups excluding carboxylic acids is 1. The number of rotatable bonds is 4. The lowest BCUT2D eigenvalue weighted by molar-refractivity contribution is 0.0950. The molecule has 5 nitrogen and oxygen atoms in total. The Morgan fingerprint density at radius 1 is 1.35 bits per heavy atom. The summed E-state index contributed by atoms with van der Waals surface area (Å²) in [4.78, 5) is 16.0. The van der Waals surface area contributed by atoms with E-state index in [1.54, 1.807) is 38.4 Å². The maximum atomic E-state index is 12.0. The largest absolute Gasteiger partial charge is 0.508 e. The number of aromatic hydroxyl groups is 1. The lowest BCUT2D eigenvalue weighted by atomic mass is 10.1. The van der Waals surface area contributed by atoms with Crippen molar-refractivity contribution < 1.29 is 14.6 Å². The first-order chi connectivity index (χ1) is 9.60. The van der Waals surface area contributed by atoms with E-state index in [1.807, 2.05) is 6.07 Å². The molecule has 104 valence electrons.